The maximum absolute atomic E-state index is 14.7. The predicted octanol–water partition coefficient (Wildman–Crippen LogP) is 5.03. The zero-order chi connectivity index (χ0) is 23.5. The second-order valence-electron chi connectivity index (χ2n) is 8.57. The Labute approximate surface area is 192 Å². The first-order chi connectivity index (χ1) is 15.9. The van der Waals surface area contributed by atoms with Crippen molar-refractivity contribution in [2.75, 3.05) is 17.7 Å². The molecule has 3 N–H and O–H groups in total. The second-order valence-corrected chi connectivity index (χ2v) is 8.57. The van der Waals surface area contributed by atoms with Crippen LogP contribution in [0.25, 0.3) is 22.0 Å². The van der Waals surface area contributed by atoms with Gasteiger partial charge in [-0.2, -0.15) is 0 Å². The first kappa shape index (κ1) is 22.8. The van der Waals surface area contributed by atoms with E-state index in [9.17, 15) is 14.0 Å². The number of urea groups is 1. The Morgan fingerprint density at radius 3 is 2.61 bits per heavy atom. The summed E-state index contributed by atoms with van der Waals surface area (Å²) in [6.07, 6.45) is 6.95. The van der Waals surface area contributed by atoms with Gasteiger partial charge in [0.1, 0.15) is 11.6 Å². The maximum atomic E-state index is 14.7. The molecule has 174 valence electrons. The highest BCUT2D eigenvalue weighted by Crippen LogP contribution is 2.29. The third-order valence-corrected chi connectivity index (χ3v) is 6.34. The number of carbonyl (C=O) groups is 1. The Balaban J connectivity index is 1.72. The molecule has 0 bridgehead atoms. The summed E-state index contributed by atoms with van der Waals surface area (Å²) < 4.78 is 16.4. The Morgan fingerprint density at radius 1 is 1.15 bits per heavy atom. The zero-order valence-corrected chi connectivity index (χ0v) is 19.3. The van der Waals surface area contributed by atoms with Crippen LogP contribution in [0.3, 0.4) is 0 Å². The summed E-state index contributed by atoms with van der Waals surface area (Å²) in [4.78, 5) is 30.2. The maximum Gasteiger partial charge on any atom is 0.319 e. The number of pyridine rings is 2. The van der Waals surface area contributed by atoms with E-state index in [4.69, 9.17) is 0 Å². The summed E-state index contributed by atoms with van der Waals surface area (Å²) in [5.74, 6) is 0.136. The van der Waals surface area contributed by atoms with Gasteiger partial charge < -0.3 is 20.5 Å². The molecule has 2 amide bonds. The van der Waals surface area contributed by atoms with E-state index in [2.05, 4.69) is 20.9 Å². The van der Waals surface area contributed by atoms with E-state index in [1.165, 1.54) is 12.5 Å². The normalized spacial score (nSPS) is 14.3. The van der Waals surface area contributed by atoms with Gasteiger partial charge in [0.05, 0.1) is 11.2 Å². The minimum Gasteiger partial charge on any atom is -0.373 e. The average molecular weight is 452 g/mol. The van der Waals surface area contributed by atoms with Crippen molar-refractivity contribution in [1.82, 2.24) is 14.9 Å². The summed E-state index contributed by atoms with van der Waals surface area (Å²) in [6.45, 7) is 4.14. The largest absolute Gasteiger partial charge is 0.373 e. The summed E-state index contributed by atoms with van der Waals surface area (Å²) in [6, 6.07) is 6.20. The lowest BCUT2D eigenvalue weighted by atomic mass is 9.96. The standard InChI is InChI=1S/C25H30FN5O2/c1-4-31-22-13-23(27-3)28-14-16(22)11-19(24(31)32)18-12-21(20(26)10-15(18)2)30-25(33)29-17-8-6-5-7-9-17/h10-14,17H,4-9H2,1-3H3,(H,27,28)(H2,29,30,33). The van der Waals surface area contributed by atoms with Gasteiger partial charge in [0.25, 0.3) is 5.56 Å². The van der Waals surface area contributed by atoms with Crippen LogP contribution in [0.4, 0.5) is 20.7 Å². The van der Waals surface area contributed by atoms with Crippen LogP contribution in [-0.4, -0.2) is 28.7 Å². The Morgan fingerprint density at radius 2 is 1.91 bits per heavy atom. The average Bonchev–Trinajstić information content (AvgIpc) is 2.81. The molecule has 8 heteroatoms. The number of fused-ring (bicyclic) bond motifs is 1. The molecule has 4 rings (SSSR count). The van der Waals surface area contributed by atoms with Crippen LogP contribution in [0.15, 0.2) is 35.3 Å². The van der Waals surface area contributed by atoms with Crippen molar-refractivity contribution in [2.45, 2.75) is 58.5 Å². The Bertz CT molecular complexity index is 1250. The fourth-order valence-corrected chi connectivity index (χ4v) is 4.57. The highest BCUT2D eigenvalue weighted by atomic mass is 19.1. The molecule has 0 radical (unpaired) electrons. The fourth-order valence-electron chi connectivity index (χ4n) is 4.57. The van der Waals surface area contributed by atoms with Crippen LogP contribution in [0, 0.1) is 12.7 Å². The van der Waals surface area contributed by atoms with Gasteiger partial charge in [-0.1, -0.05) is 19.3 Å². The van der Waals surface area contributed by atoms with Crippen molar-refractivity contribution in [3.05, 3.63) is 52.2 Å². The number of carbonyl (C=O) groups excluding carboxylic acids is 1. The van der Waals surface area contributed by atoms with E-state index in [1.807, 2.05) is 13.0 Å². The molecule has 0 unspecified atom stereocenters. The summed E-state index contributed by atoms with van der Waals surface area (Å²) in [5.41, 5.74) is 2.29. The fraction of sp³-hybridized carbons (Fsp3) is 0.400. The number of amides is 2. The van der Waals surface area contributed by atoms with Crippen molar-refractivity contribution >= 4 is 28.4 Å². The molecule has 1 aliphatic rings. The lowest BCUT2D eigenvalue weighted by Crippen LogP contribution is -2.39. The number of halogens is 1. The number of nitrogens with zero attached hydrogens (tertiary/aromatic N) is 2. The summed E-state index contributed by atoms with van der Waals surface area (Å²) in [5, 5.41) is 9.37. The van der Waals surface area contributed by atoms with Gasteiger partial charge in [-0.05, 0) is 56.0 Å². The lowest BCUT2D eigenvalue weighted by Gasteiger charge is -2.23. The number of aryl methyl sites for hydroxylation is 2. The first-order valence-corrected chi connectivity index (χ1v) is 11.5. The second kappa shape index (κ2) is 9.60. The van der Waals surface area contributed by atoms with Crippen molar-refractivity contribution < 1.29 is 9.18 Å². The molecule has 33 heavy (non-hydrogen) atoms. The molecule has 1 saturated carbocycles. The molecule has 1 aromatic carbocycles. The van der Waals surface area contributed by atoms with Gasteiger partial charge in [0.15, 0.2) is 0 Å². The van der Waals surface area contributed by atoms with Crippen molar-refractivity contribution in [3.8, 4) is 11.1 Å². The predicted molar refractivity (Wildman–Crippen MR) is 130 cm³/mol. The van der Waals surface area contributed by atoms with Gasteiger partial charge in [-0.25, -0.2) is 14.2 Å². The molecule has 0 atom stereocenters. The number of nitrogens with one attached hydrogen (secondary N) is 3. The lowest BCUT2D eigenvalue weighted by molar-refractivity contribution is 0.244. The van der Waals surface area contributed by atoms with Gasteiger partial charge in [0.2, 0.25) is 0 Å². The molecule has 0 saturated heterocycles. The van der Waals surface area contributed by atoms with Crippen LogP contribution in [-0.2, 0) is 6.54 Å². The van der Waals surface area contributed by atoms with Crippen molar-refractivity contribution in [2.24, 2.45) is 0 Å². The molecule has 0 aliphatic heterocycles. The Hall–Kier alpha value is -3.42. The highest BCUT2D eigenvalue weighted by Gasteiger charge is 2.19. The number of hydrogen-bond acceptors (Lipinski definition) is 4. The number of anilines is 2. The van der Waals surface area contributed by atoms with E-state index in [1.54, 1.807) is 36.9 Å². The molecule has 1 aliphatic carbocycles. The van der Waals surface area contributed by atoms with E-state index < -0.39 is 11.8 Å². The Kier molecular flexibility index (Phi) is 6.62. The topological polar surface area (TPSA) is 88.1 Å². The molecule has 1 fully saturated rings. The van der Waals surface area contributed by atoms with Gasteiger partial charge in [-0.3, -0.25) is 4.79 Å². The van der Waals surface area contributed by atoms with Crippen LogP contribution >= 0.6 is 0 Å². The SMILES string of the molecule is CCn1c(=O)c(-c2cc(NC(=O)NC3CCCCC3)c(F)cc2C)cc2cnc(NC)cc21. The quantitative estimate of drug-likeness (QED) is 0.508. The molecule has 2 aromatic heterocycles. The molecular weight excluding hydrogens is 421 g/mol. The third kappa shape index (κ3) is 4.69. The third-order valence-electron chi connectivity index (χ3n) is 6.34. The van der Waals surface area contributed by atoms with Crippen molar-refractivity contribution in [3.63, 3.8) is 0 Å². The number of hydrogen-bond donors (Lipinski definition) is 3. The zero-order valence-electron chi connectivity index (χ0n) is 19.3. The van der Waals surface area contributed by atoms with Gasteiger partial charge >= 0.3 is 6.03 Å². The summed E-state index contributed by atoms with van der Waals surface area (Å²) in [7, 11) is 1.78. The monoisotopic (exact) mass is 451 g/mol. The minimum absolute atomic E-state index is 0.0510. The molecule has 3 aromatic rings. The van der Waals surface area contributed by atoms with E-state index >= 15 is 0 Å². The number of aromatic nitrogens is 2. The van der Waals surface area contributed by atoms with Crippen LogP contribution in [0.5, 0.6) is 0 Å². The number of rotatable bonds is 5. The molecular formula is C25H30FN5O2. The van der Waals surface area contributed by atoms with E-state index in [-0.39, 0.29) is 17.3 Å². The van der Waals surface area contributed by atoms with E-state index in [0.29, 0.717) is 29.1 Å². The molecule has 0 spiro atoms. The molecule has 7 nitrogen and oxygen atoms in total. The first-order valence-electron chi connectivity index (χ1n) is 11.5. The summed E-state index contributed by atoms with van der Waals surface area (Å²) >= 11 is 0. The smallest absolute Gasteiger partial charge is 0.319 e. The van der Waals surface area contributed by atoms with Crippen LogP contribution in [0.1, 0.15) is 44.6 Å². The minimum atomic E-state index is -0.535. The van der Waals surface area contributed by atoms with Crippen LogP contribution < -0.4 is 21.5 Å². The highest BCUT2D eigenvalue weighted by molar-refractivity contribution is 5.91. The van der Waals surface area contributed by atoms with Gasteiger partial charge in [-0.15, -0.1) is 0 Å². The molecule has 2 heterocycles. The van der Waals surface area contributed by atoms with Gasteiger partial charge in [0, 0.05) is 42.8 Å². The number of benzene rings is 1. The van der Waals surface area contributed by atoms with E-state index in [0.717, 1.165) is 36.6 Å². The van der Waals surface area contributed by atoms with Crippen LogP contribution in [0.2, 0.25) is 0 Å². The van der Waals surface area contributed by atoms with Crippen molar-refractivity contribution in [1.29, 1.82) is 0 Å².